The van der Waals surface area contributed by atoms with Gasteiger partial charge in [0.05, 0.1) is 5.56 Å². The van der Waals surface area contributed by atoms with Gasteiger partial charge in [0.25, 0.3) is 11.8 Å². The Hall–Kier alpha value is -2.42. The first-order chi connectivity index (χ1) is 15.8. The van der Waals surface area contributed by atoms with E-state index in [1.807, 2.05) is 0 Å². The minimum absolute atomic E-state index is 0.0188. The van der Waals surface area contributed by atoms with Gasteiger partial charge in [-0.1, -0.05) is 5.16 Å². The maximum Gasteiger partial charge on any atom is 0.332 e. The average molecular weight is 475 g/mol. The number of hydrogen-bond acceptors (Lipinski definition) is 6. The lowest BCUT2D eigenvalue weighted by Gasteiger charge is -2.38. The molecule has 2 aromatic heterocycles. The van der Waals surface area contributed by atoms with Crippen LogP contribution < -0.4 is 0 Å². The second kappa shape index (κ2) is 7.55. The molecule has 0 aromatic carbocycles. The number of hydrogen-bond donors (Lipinski definition) is 1. The van der Waals surface area contributed by atoms with E-state index in [0.717, 1.165) is 44.1 Å². The van der Waals surface area contributed by atoms with E-state index in [-0.39, 0.29) is 54.8 Å². The van der Waals surface area contributed by atoms with Gasteiger partial charge in [-0.3, -0.25) is 4.79 Å². The Morgan fingerprint density at radius 3 is 2.39 bits per heavy atom. The van der Waals surface area contributed by atoms with Crippen molar-refractivity contribution in [2.45, 2.75) is 76.0 Å². The van der Waals surface area contributed by atoms with Crippen LogP contribution in [0.1, 0.15) is 72.0 Å². The number of fused-ring (bicyclic) bond motifs is 3. The molecule has 0 spiro atoms. The molecule has 174 valence electrons. The smallest absolute Gasteiger partial charge is 0.332 e. The van der Waals surface area contributed by atoms with Crippen molar-refractivity contribution in [2.75, 3.05) is 0 Å². The molecule has 2 saturated carbocycles. The maximum atomic E-state index is 14.2. The summed E-state index contributed by atoms with van der Waals surface area (Å²) in [4.78, 5) is 31.2. The number of halogens is 2. The summed E-state index contributed by atoms with van der Waals surface area (Å²) in [5.74, 6) is -2.89. The van der Waals surface area contributed by atoms with Crippen LogP contribution in [0, 0.1) is 11.8 Å². The monoisotopic (exact) mass is 474 g/mol. The van der Waals surface area contributed by atoms with E-state index in [0.29, 0.717) is 32.6 Å². The van der Waals surface area contributed by atoms with E-state index >= 15 is 0 Å². The number of carboxylic acid groups (broad SMARTS) is 1. The van der Waals surface area contributed by atoms with E-state index in [4.69, 9.17) is 4.52 Å². The predicted octanol–water partition coefficient (Wildman–Crippen LogP) is 5.11. The third-order valence-corrected chi connectivity index (χ3v) is 8.84. The van der Waals surface area contributed by atoms with Gasteiger partial charge in [-0.2, -0.15) is 4.98 Å². The highest BCUT2D eigenvalue weighted by atomic mass is 32.1. The zero-order valence-corrected chi connectivity index (χ0v) is 18.9. The van der Waals surface area contributed by atoms with Gasteiger partial charge in [0, 0.05) is 46.1 Å². The summed E-state index contributed by atoms with van der Waals surface area (Å²) in [5, 5.41) is 13.9. The summed E-state index contributed by atoms with van der Waals surface area (Å²) in [6.07, 6.45) is 4.86. The number of Topliss-reactive ketones (excluding diaryl/α,β-unsaturated/α-hetero) is 1. The van der Waals surface area contributed by atoms with Gasteiger partial charge in [-0.25, -0.2) is 13.6 Å². The normalized spacial score (nSPS) is 25.9. The number of aliphatic carboxylic acids is 1. The molecule has 0 radical (unpaired) electrons. The van der Waals surface area contributed by atoms with Crippen LogP contribution in [0.25, 0.3) is 11.5 Å². The summed E-state index contributed by atoms with van der Waals surface area (Å²) < 4.78 is 33.9. The summed E-state index contributed by atoms with van der Waals surface area (Å²) >= 11 is 1.22. The number of aromatic nitrogens is 2. The number of nitrogens with zero attached hydrogens (tertiary/aromatic N) is 2. The molecule has 7 rings (SSSR count). The SMILES string of the molecule is O=C(O)C1=C(C(=O)Cc2sc3c(c2-c2nc(C4CC4)no2)CCC(F)(F)C3)C2CCC1CC2. The molecule has 1 N–H and O–H groups in total. The van der Waals surface area contributed by atoms with Crippen molar-refractivity contribution in [3.05, 3.63) is 32.3 Å². The Morgan fingerprint density at radius 2 is 1.73 bits per heavy atom. The van der Waals surface area contributed by atoms with Crippen LogP contribution >= 0.6 is 11.3 Å². The second-order valence-corrected chi connectivity index (χ2v) is 11.0. The van der Waals surface area contributed by atoms with Gasteiger partial charge in [-0.05, 0) is 62.3 Å². The third-order valence-electron chi connectivity index (χ3n) is 7.61. The van der Waals surface area contributed by atoms with Crippen molar-refractivity contribution >= 4 is 23.1 Å². The first kappa shape index (κ1) is 21.1. The van der Waals surface area contributed by atoms with Crippen LogP contribution in [-0.2, 0) is 28.9 Å². The van der Waals surface area contributed by atoms with Gasteiger partial charge in [0.2, 0.25) is 0 Å². The molecule has 0 amide bonds. The number of carbonyl (C=O) groups excluding carboxylic acids is 1. The van der Waals surface area contributed by atoms with E-state index in [1.165, 1.54) is 11.3 Å². The number of alkyl halides is 2. The molecule has 0 aliphatic heterocycles. The summed E-state index contributed by atoms with van der Waals surface area (Å²) in [7, 11) is 0. The fourth-order valence-corrected chi connectivity index (χ4v) is 7.27. The Labute approximate surface area is 193 Å². The number of ketones is 1. The molecule has 0 saturated heterocycles. The van der Waals surface area contributed by atoms with Gasteiger partial charge in [0.1, 0.15) is 0 Å². The van der Waals surface area contributed by atoms with E-state index in [9.17, 15) is 23.5 Å². The molecular weight excluding hydrogens is 450 g/mol. The fraction of sp³-hybridized carbons (Fsp3) is 0.583. The minimum Gasteiger partial charge on any atom is -0.478 e. The van der Waals surface area contributed by atoms with Crippen molar-refractivity contribution in [1.29, 1.82) is 0 Å². The Bertz CT molecular complexity index is 1190. The van der Waals surface area contributed by atoms with E-state index in [1.54, 1.807) is 0 Å². The number of carbonyl (C=O) groups is 2. The lowest BCUT2D eigenvalue weighted by atomic mass is 9.65. The maximum absolute atomic E-state index is 14.2. The van der Waals surface area contributed by atoms with Crippen LogP contribution in [0.2, 0.25) is 0 Å². The topological polar surface area (TPSA) is 93.3 Å². The molecule has 2 aromatic rings. The molecular formula is C24H24F2N2O4S. The van der Waals surface area contributed by atoms with Crippen LogP contribution in [0.4, 0.5) is 8.78 Å². The first-order valence-corrected chi connectivity index (χ1v) is 12.5. The van der Waals surface area contributed by atoms with Gasteiger partial charge < -0.3 is 9.63 Å². The summed E-state index contributed by atoms with van der Waals surface area (Å²) in [6, 6.07) is 0. The highest BCUT2D eigenvalue weighted by Gasteiger charge is 2.42. The Kier molecular flexibility index (Phi) is 4.83. The Morgan fingerprint density at radius 1 is 1.06 bits per heavy atom. The van der Waals surface area contributed by atoms with Crippen LogP contribution in [0.5, 0.6) is 0 Å². The molecule has 5 aliphatic carbocycles. The molecule has 2 heterocycles. The lowest BCUT2D eigenvalue weighted by Crippen LogP contribution is -2.34. The summed E-state index contributed by atoms with van der Waals surface area (Å²) in [5.41, 5.74) is 2.11. The summed E-state index contributed by atoms with van der Waals surface area (Å²) in [6.45, 7) is 0. The Balaban J connectivity index is 1.40. The van der Waals surface area contributed by atoms with E-state index in [2.05, 4.69) is 10.1 Å². The van der Waals surface area contributed by atoms with Gasteiger partial charge in [-0.15, -0.1) is 11.3 Å². The van der Waals surface area contributed by atoms with Crippen molar-refractivity contribution in [1.82, 2.24) is 10.1 Å². The van der Waals surface area contributed by atoms with Crippen molar-refractivity contribution in [2.24, 2.45) is 11.8 Å². The largest absolute Gasteiger partial charge is 0.478 e. The molecule has 0 atom stereocenters. The predicted molar refractivity (Wildman–Crippen MR) is 115 cm³/mol. The average Bonchev–Trinajstić information content (AvgIpc) is 3.42. The number of rotatable bonds is 6. The van der Waals surface area contributed by atoms with Gasteiger partial charge >= 0.3 is 5.97 Å². The number of thiophene rings is 1. The highest BCUT2D eigenvalue weighted by molar-refractivity contribution is 7.12. The molecule has 33 heavy (non-hydrogen) atoms. The van der Waals surface area contributed by atoms with Gasteiger partial charge in [0.15, 0.2) is 11.6 Å². The standard InChI is InChI=1S/C24H24F2N2O4S/c25-24(26)8-7-14-17(10-24)33-16(20(14)22-27-21(28-32-22)13-5-6-13)9-15(29)18-11-1-3-12(4-2-11)19(18)23(30)31/h11-13H,1-10H2,(H,30,31). The fourth-order valence-electron chi connectivity index (χ4n) is 5.84. The quantitative estimate of drug-likeness (QED) is 0.625. The molecule has 2 bridgehead atoms. The molecule has 6 nitrogen and oxygen atoms in total. The third kappa shape index (κ3) is 3.64. The van der Waals surface area contributed by atoms with Crippen molar-refractivity contribution < 1.29 is 28.0 Å². The van der Waals surface area contributed by atoms with Crippen LogP contribution in [0.15, 0.2) is 15.7 Å². The minimum atomic E-state index is -2.77. The van der Waals surface area contributed by atoms with Crippen LogP contribution in [-0.4, -0.2) is 32.9 Å². The zero-order valence-electron chi connectivity index (χ0n) is 18.0. The zero-order chi connectivity index (χ0) is 22.9. The lowest BCUT2D eigenvalue weighted by molar-refractivity contribution is -0.134. The molecule has 9 heteroatoms. The molecule has 2 fully saturated rings. The van der Waals surface area contributed by atoms with Crippen molar-refractivity contribution in [3.63, 3.8) is 0 Å². The highest BCUT2D eigenvalue weighted by Crippen LogP contribution is 2.48. The number of allylic oxidation sites excluding steroid dienone is 1. The van der Waals surface area contributed by atoms with E-state index < -0.39 is 11.9 Å². The first-order valence-electron chi connectivity index (χ1n) is 11.7. The molecule has 0 unspecified atom stereocenters. The van der Waals surface area contributed by atoms with Crippen LogP contribution in [0.3, 0.4) is 0 Å². The number of carboxylic acids is 1. The molecule has 5 aliphatic rings. The van der Waals surface area contributed by atoms with Crippen molar-refractivity contribution in [3.8, 4) is 11.5 Å². The second-order valence-electron chi connectivity index (χ2n) is 9.85.